The minimum absolute atomic E-state index is 0.00668. The number of aromatic nitrogens is 1. The number of hydrogen-bond acceptors (Lipinski definition) is 11. The zero-order valence-corrected chi connectivity index (χ0v) is 26.7. The number of rotatable bonds is 16. The smallest absolute Gasteiger partial charge is 0.355 e. The summed E-state index contributed by atoms with van der Waals surface area (Å²) in [5, 5.41) is 1.89. The number of nitrogens with zero attached hydrogens (tertiary/aromatic N) is 2. The summed E-state index contributed by atoms with van der Waals surface area (Å²) in [4.78, 5) is 77.3. The molecule has 3 heterocycles. The lowest BCUT2D eigenvalue weighted by molar-refractivity contribution is -0.156. The number of unbranched alkanes of at least 4 members (excludes halogenated alkanes) is 2. The van der Waals surface area contributed by atoms with Crippen molar-refractivity contribution in [3.05, 3.63) is 65.1 Å². The number of amides is 2. The molecule has 13 nitrogen and oxygen atoms in total. The van der Waals surface area contributed by atoms with Crippen molar-refractivity contribution in [3.8, 4) is 5.75 Å². The summed E-state index contributed by atoms with van der Waals surface area (Å²) in [5.41, 5.74) is 1.08. The summed E-state index contributed by atoms with van der Waals surface area (Å²) in [7, 11) is 0. The molecule has 0 spiro atoms. The standard InChI is InChI=1S/C32H37N3O10S/c1-4-6-7-15-43-24-12-10-21(11-13-24)17-45-31(40)26-22(18-44-20(3)37)19-46-30-25(29(39)35(26)30)33-28(38)27(32(41)42-5-2)34-14-8-9-23(34)16-36/h8-14,16,25,27,30H,4-7,15,17-19H2,1-3H3,(H,33,38). The van der Waals surface area contributed by atoms with E-state index in [2.05, 4.69) is 12.2 Å². The number of aldehydes is 1. The molecule has 0 radical (unpaired) electrons. The summed E-state index contributed by atoms with van der Waals surface area (Å²) in [6, 6.07) is 7.41. The minimum Gasteiger partial charge on any atom is -0.494 e. The molecule has 1 saturated heterocycles. The molecule has 1 aromatic carbocycles. The van der Waals surface area contributed by atoms with Crippen LogP contribution in [0.15, 0.2) is 53.9 Å². The van der Waals surface area contributed by atoms with Crippen molar-refractivity contribution in [2.75, 3.05) is 25.6 Å². The summed E-state index contributed by atoms with van der Waals surface area (Å²) >= 11 is 1.25. The maximum atomic E-state index is 13.5. The first kappa shape index (κ1) is 34.3. The van der Waals surface area contributed by atoms with Crippen molar-refractivity contribution in [2.45, 2.75) is 64.1 Å². The second kappa shape index (κ2) is 16.1. The van der Waals surface area contributed by atoms with Crippen LogP contribution in [0.25, 0.3) is 0 Å². The fourth-order valence-electron chi connectivity index (χ4n) is 4.95. The Hall–Kier alpha value is -4.59. The molecule has 0 saturated carbocycles. The molecule has 2 aromatic rings. The van der Waals surface area contributed by atoms with Gasteiger partial charge in [0, 0.05) is 24.4 Å². The van der Waals surface area contributed by atoms with Gasteiger partial charge >= 0.3 is 17.9 Å². The van der Waals surface area contributed by atoms with Crippen LogP contribution < -0.4 is 10.1 Å². The van der Waals surface area contributed by atoms with Crippen molar-refractivity contribution in [1.82, 2.24) is 14.8 Å². The lowest BCUT2D eigenvalue weighted by Gasteiger charge is -2.49. The van der Waals surface area contributed by atoms with Gasteiger partial charge in [0.15, 0.2) is 6.29 Å². The van der Waals surface area contributed by atoms with Crippen molar-refractivity contribution in [3.63, 3.8) is 0 Å². The number of β-lactam (4-membered cyclic amide) rings is 1. The fourth-order valence-corrected chi connectivity index (χ4v) is 6.28. The Bertz CT molecular complexity index is 1490. The lowest BCUT2D eigenvalue weighted by atomic mass is 10.0. The van der Waals surface area contributed by atoms with E-state index in [1.165, 1.54) is 46.5 Å². The number of carbonyl (C=O) groups excluding carboxylic acids is 6. The van der Waals surface area contributed by atoms with Crippen LogP contribution in [0.4, 0.5) is 0 Å². The third kappa shape index (κ3) is 7.97. The molecule has 0 aliphatic carbocycles. The number of esters is 3. The van der Waals surface area contributed by atoms with Crippen LogP contribution >= 0.6 is 11.8 Å². The van der Waals surface area contributed by atoms with Crippen molar-refractivity contribution in [1.29, 1.82) is 0 Å². The topological polar surface area (TPSA) is 160 Å². The SMILES string of the molecule is CCCCCOc1ccc(COC(=O)C2=C(COC(C)=O)CSC3C(NC(=O)C(C(=O)OCC)n4cccc4C=O)C(=O)N23)cc1. The molecule has 1 fully saturated rings. The van der Waals surface area contributed by atoms with Crippen molar-refractivity contribution >= 4 is 47.8 Å². The molecule has 2 aliphatic heterocycles. The molecule has 46 heavy (non-hydrogen) atoms. The minimum atomic E-state index is -1.56. The summed E-state index contributed by atoms with van der Waals surface area (Å²) < 4.78 is 22.7. The number of benzene rings is 1. The first-order valence-electron chi connectivity index (χ1n) is 15.0. The van der Waals surface area contributed by atoms with Crippen LogP contribution in [0.1, 0.15) is 62.1 Å². The number of nitrogens with one attached hydrogen (secondary N) is 1. The second-order valence-electron chi connectivity index (χ2n) is 10.5. The molecule has 3 unspecified atom stereocenters. The monoisotopic (exact) mass is 655 g/mol. The van der Waals surface area contributed by atoms with E-state index >= 15 is 0 Å². The number of fused-ring (bicyclic) bond motifs is 1. The predicted molar refractivity (Wildman–Crippen MR) is 165 cm³/mol. The van der Waals surface area contributed by atoms with Crippen molar-refractivity contribution in [2.24, 2.45) is 0 Å². The molecule has 246 valence electrons. The van der Waals surface area contributed by atoms with Gasteiger partial charge in [-0.15, -0.1) is 11.8 Å². The third-order valence-electron chi connectivity index (χ3n) is 7.27. The highest BCUT2D eigenvalue weighted by Gasteiger charge is 2.55. The quantitative estimate of drug-likeness (QED) is 0.0708. The first-order valence-corrected chi connectivity index (χ1v) is 16.0. The number of hydrogen-bond donors (Lipinski definition) is 1. The van der Waals surface area contributed by atoms with Crippen molar-refractivity contribution < 1.29 is 47.7 Å². The molecule has 14 heteroatoms. The van der Waals surface area contributed by atoms with Crippen LogP contribution in [-0.2, 0) is 44.8 Å². The number of ether oxygens (including phenoxy) is 4. The Morgan fingerprint density at radius 3 is 2.48 bits per heavy atom. The van der Waals surface area contributed by atoms with E-state index in [4.69, 9.17) is 18.9 Å². The maximum absolute atomic E-state index is 13.5. The third-order valence-corrected chi connectivity index (χ3v) is 8.61. The fraction of sp³-hybridized carbons (Fsp3) is 0.438. The zero-order chi connectivity index (χ0) is 33.2. The molecule has 2 amide bonds. The van der Waals surface area contributed by atoms with Gasteiger partial charge in [-0.05, 0) is 43.2 Å². The van der Waals surface area contributed by atoms with Crippen LogP contribution in [0.3, 0.4) is 0 Å². The Balaban J connectivity index is 1.47. The van der Waals surface area contributed by atoms with E-state index < -0.39 is 47.2 Å². The normalized spacial score (nSPS) is 17.7. The van der Waals surface area contributed by atoms with Crippen LogP contribution in [-0.4, -0.2) is 82.5 Å². The predicted octanol–water partition coefficient (Wildman–Crippen LogP) is 2.93. The molecule has 1 N–H and O–H groups in total. The van der Waals surface area contributed by atoms with Gasteiger partial charge in [0.1, 0.15) is 36.1 Å². The highest BCUT2D eigenvalue weighted by molar-refractivity contribution is 8.00. The summed E-state index contributed by atoms with van der Waals surface area (Å²) in [6.45, 7) is 5.22. The zero-order valence-electron chi connectivity index (χ0n) is 25.9. The van der Waals surface area contributed by atoms with Gasteiger partial charge in [0.05, 0.1) is 18.9 Å². The Morgan fingerprint density at radius 2 is 1.80 bits per heavy atom. The lowest BCUT2D eigenvalue weighted by Crippen LogP contribution is -2.71. The average Bonchev–Trinajstić information content (AvgIpc) is 3.52. The summed E-state index contributed by atoms with van der Waals surface area (Å²) in [5.74, 6) is -2.82. The first-order chi connectivity index (χ1) is 22.2. The van der Waals surface area contributed by atoms with E-state index in [1.54, 1.807) is 31.2 Å². The molecule has 1 aromatic heterocycles. The van der Waals surface area contributed by atoms with E-state index in [9.17, 15) is 28.8 Å². The molecule has 4 rings (SSSR count). The second-order valence-corrected chi connectivity index (χ2v) is 11.6. The van der Waals surface area contributed by atoms with Gasteiger partial charge < -0.3 is 28.8 Å². The average molecular weight is 656 g/mol. The van der Waals surface area contributed by atoms with Crippen LogP contribution in [0, 0.1) is 0 Å². The highest BCUT2D eigenvalue weighted by atomic mass is 32.2. The highest BCUT2D eigenvalue weighted by Crippen LogP contribution is 2.41. The van der Waals surface area contributed by atoms with Crippen LogP contribution in [0.5, 0.6) is 5.75 Å². The molecular weight excluding hydrogens is 618 g/mol. The van der Waals surface area contributed by atoms with E-state index in [0.717, 1.165) is 19.3 Å². The Kier molecular flexibility index (Phi) is 12.0. The van der Waals surface area contributed by atoms with Crippen LogP contribution in [0.2, 0.25) is 0 Å². The van der Waals surface area contributed by atoms with Gasteiger partial charge in [0.2, 0.25) is 6.04 Å². The van der Waals surface area contributed by atoms with Gasteiger partial charge in [-0.2, -0.15) is 0 Å². The summed E-state index contributed by atoms with van der Waals surface area (Å²) in [6.07, 6.45) is 5.02. The van der Waals surface area contributed by atoms with Gasteiger partial charge in [-0.25, -0.2) is 9.59 Å². The van der Waals surface area contributed by atoms with Gasteiger partial charge in [-0.3, -0.25) is 24.1 Å². The number of carbonyl (C=O) groups is 6. The molecular formula is C32H37N3O10S. The Labute approximate surface area is 270 Å². The van der Waals surface area contributed by atoms with E-state index in [0.29, 0.717) is 29.8 Å². The molecule has 0 bridgehead atoms. The Morgan fingerprint density at radius 1 is 1.04 bits per heavy atom. The largest absolute Gasteiger partial charge is 0.494 e. The maximum Gasteiger partial charge on any atom is 0.355 e. The van der Waals surface area contributed by atoms with E-state index in [1.807, 2.05) is 0 Å². The van der Waals surface area contributed by atoms with Gasteiger partial charge in [-0.1, -0.05) is 31.9 Å². The molecule has 2 aliphatic rings. The van der Waals surface area contributed by atoms with E-state index in [-0.39, 0.29) is 37.0 Å². The van der Waals surface area contributed by atoms with Gasteiger partial charge in [0.25, 0.3) is 11.8 Å². The number of thioether (sulfide) groups is 1. The molecule has 3 atom stereocenters.